The smallest absolute Gasteiger partial charge is 0.460 e. The van der Waals surface area contributed by atoms with E-state index >= 15 is 0 Å². The second-order valence-electron chi connectivity index (χ2n) is 9.00. The van der Waals surface area contributed by atoms with Crippen molar-refractivity contribution in [1.29, 1.82) is 0 Å². The van der Waals surface area contributed by atoms with Gasteiger partial charge in [0.15, 0.2) is 5.83 Å². The molecule has 0 saturated heterocycles. The van der Waals surface area contributed by atoms with Crippen molar-refractivity contribution >= 4 is 5.91 Å². The summed E-state index contributed by atoms with van der Waals surface area (Å²) in [7, 11) is 1.15. The summed E-state index contributed by atoms with van der Waals surface area (Å²) >= 11 is 0. The van der Waals surface area contributed by atoms with Crippen molar-refractivity contribution in [2.24, 2.45) is 0 Å². The largest absolute Gasteiger partial charge is 0.494 e. The van der Waals surface area contributed by atoms with Gasteiger partial charge in [0, 0.05) is 18.1 Å². The molecule has 2 rings (SSSR count). The van der Waals surface area contributed by atoms with E-state index in [9.17, 15) is 44.3 Å². The predicted octanol–water partition coefficient (Wildman–Crippen LogP) is 8.78. The average Bonchev–Trinajstić information content (AvgIpc) is 2.96. The Morgan fingerprint density at radius 3 is 2.25 bits per heavy atom. The predicted molar refractivity (Wildman–Crippen MR) is 146 cm³/mol. The molecule has 0 aliphatic carbocycles. The van der Waals surface area contributed by atoms with Crippen LogP contribution in [0.1, 0.15) is 21.5 Å². The molecule has 0 aliphatic rings. The van der Waals surface area contributed by atoms with Crippen LogP contribution in [-0.2, 0) is 22.1 Å². The van der Waals surface area contributed by atoms with E-state index in [4.69, 9.17) is 4.74 Å². The minimum atomic E-state index is -4.91. The standard InChI is InChI=1S/C31H26F9NO3/c1-20(17-25(32)14-16-44-31(39,40)28(34)35)29(19-22-9-5-4-6-10-22,15-8-13-26(33)21(2)43-3)41-27(42)23-11-7-12-24(18-23)30(36,37)38/h4-18,28H,1-2,19H2,3H3,(H,41,42)/b15-8+,16-14+,25-17+,26-13+/t29-/m0/s1. The Morgan fingerprint density at radius 1 is 1.00 bits per heavy atom. The minimum absolute atomic E-state index is 0.0182. The van der Waals surface area contributed by atoms with Gasteiger partial charge in [0.1, 0.15) is 11.6 Å². The van der Waals surface area contributed by atoms with E-state index in [0.717, 1.165) is 43.5 Å². The number of methoxy groups -OCH3 is 1. The van der Waals surface area contributed by atoms with Crippen molar-refractivity contribution in [2.45, 2.75) is 30.7 Å². The monoisotopic (exact) mass is 631 g/mol. The average molecular weight is 632 g/mol. The molecular formula is C31H26F9NO3. The Morgan fingerprint density at radius 2 is 1.66 bits per heavy atom. The highest BCUT2D eigenvalue weighted by atomic mass is 19.4. The molecule has 0 unspecified atom stereocenters. The number of alkyl halides is 7. The number of hydrogen-bond donors (Lipinski definition) is 1. The fourth-order valence-corrected chi connectivity index (χ4v) is 3.55. The highest BCUT2D eigenvalue weighted by Crippen LogP contribution is 2.31. The molecular weight excluding hydrogens is 605 g/mol. The first kappa shape index (κ1) is 35.5. The summed E-state index contributed by atoms with van der Waals surface area (Å²) in [4.78, 5) is 13.3. The zero-order valence-corrected chi connectivity index (χ0v) is 23.0. The van der Waals surface area contributed by atoms with Gasteiger partial charge in [-0.25, -0.2) is 8.78 Å². The highest BCUT2D eigenvalue weighted by Gasteiger charge is 2.43. The molecule has 0 spiro atoms. The van der Waals surface area contributed by atoms with Crippen molar-refractivity contribution in [3.8, 4) is 0 Å². The molecule has 4 nitrogen and oxygen atoms in total. The van der Waals surface area contributed by atoms with Crippen LogP contribution in [0.15, 0.2) is 127 Å². The molecule has 0 bridgehead atoms. The summed E-state index contributed by atoms with van der Waals surface area (Å²) in [6, 6.07) is 11.5. The van der Waals surface area contributed by atoms with Crippen LogP contribution in [0.4, 0.5) is 39.5 Å². The normalized spacial score (nSPS) is 14.5. The number of benzene rings is 2. The van der Waals surface area contributed by atoms with Crippen LogP contribution in [0.5, 0.6) is 0 Å². The lowest BCUT2D eigenvalue weighted by molar-refractivity contribution is -0.274. The number of hydrogen-bond acceptors (Lipinski definition) is 3. The second-order valence-corrected chi connectivity index (χ2v) is 9.00. The SMILES string of the molecule is C=C(OC)/C(F)=C\C=C\[C@@](Cc1ccccc1)(NC(=O)c1cccc(C(F)(F)F)c1)C(=C)/C=C(F)\C=C\OC(F)(F)C(F)F. The molecule has 0 saturated carbocycles. The van der Waals surface area contributed by atoms with Gasteiger partial charge in [-0.15, -0.1) is 0 Å². The summed E-state index contributed by atoms with van der Waals surface area (Å²) in [6.07, 6.45) is -10.1. The number of allylic oxidation sites excluding steroid dienone is 5. The van der Waals surface area contributed by atoms with Gasteiger partial charge in [-0.3, -0.25) is 4.79 Å². The van der Waals surface area contributed by atoms with Gasteiger partial charge < -0.3 is 14.8 Å². The molecule has 1 amide bonds. The Kier molecular flexibility index (Phi) is 12.2. The lowest BCUT2D eigenvalue weighted by atomic mass is 9.82. The number of ether oxygens (including phenoxy) is 2. The van der Waals surface area contributed by atoms with Crippen LogP contribution in [0.2, 0.25) is 0 Å². The van der Waals surface area contributed by atoms with E-state index in [1.54, 1.807) is 30.3 Å². The van der Waals surface area contributed by atoms with E-state index in [2.05, 4.69) is 23.2 Å². The minimum Gasteiger partial charge on any atom is -0.494 e. The van der Waals surface area contributed by atoms with Crippen LogP contribution in [0, 0.1) is 0 Å². The van der Waals surface area contributed by atoms with Crippen molar-refractivity contribution in [3.63, 3.8) is 0 Å². The van der Waals surface area contributed by atoms with Crippen LogP contribution >= 0.6 is 0 Å². The highest BCUT2D eigenvalue weighted by molar-refractivity contribution is 5.95. The number of amides is 1. The molecule has 13 heteroatoms. The van der Waals surface area contributed by atoms with Gasteiger partial charge in [-0.1, -0.05) is 61.7 Å². The Bertz CT molecular complexity index is 1440. The van der Waals surface area contributed by atoms with E-state index in [-0.39, 0.29) is 30.1 Å². The number of carbonyl (C=O) groups is 1. The topological polar surface area (TPSA) is 47.6 Å². The lowest BCUT2D eigenvalue weighted by Crippen LogP contribution is -2.50. The number of halogens is 9. The molecule has 0 aromatic heterocycles. The molecule has 1 N–H and O–H groups in total. The van der Waals surface area contributed by atoms with Gasteiger partial charge in [-0.2, -0.15) is 30.7 Å². The van der Waals surface area contributed by atoms with Crippen LogP contribution < -0.4 is 5.32 Å². The molecule has 0 fully saturated rings. The molecule has 236 valence electrons. The van der Waals surface area contributed by atoms with Gasteiger partial charge in [0.25, 0.3) is 5.91 Å². The summed E-state index contributed by atoms with van der Waals surface area (Å²) in [5.74, 6) is -3.75. The molecule has 2 aromatic rings. The Labute approximate surface area is 247 Å². The molecule has 2 aromatic carbocycles. The van der Waals surface area contributed by atoms with Crippen molar-refractivity contribution in [1.82, 2.24) is 5.32 Å². The Hall–Kier alpha value is -4.68. The zero-order valence-electron chi connectivity index (χ0n) is 23.0. The number of carbonyl (C=O) groups excluding carboxylic acids is 1. The first-order valence-corrected chi connectivity index (χ1v) is 12.4. The molecule has 0 radical (unpaired) electrons. The summed E-state index contributed by atoms with van der Waals surface area (Å²) < 4.78 is 128. The van der Waals surface area contributed by atoms with Gasteiger partial charge in [0.2, 0.25) is 0 Å². The van der Waals surface area contributed by atoms with Crippen LogP contribution in [-0.4, -0.2) is 31.1 Å². The first-order valence-electron chi connectivity index (χ1n) is 12.4. The quantitative estimate of drug-likeness (QED) is 0.129. The van der Waals surface area contributed by atoms with E-state index < -0.39 is 52.9 Å². The lowest BCUT2D eigenvalue weighted by Gasteiger charge is -2.33. The third-order valence-electron chi connectivity index (χ3n) is 5.84. The number of rotatable bonds is 14. The van der Waals surface area contributed by atoms with E-state index in [1.807, 2.05) is 0 Å². The third kappa shape index (κ3) is 10.2. The van der Waals surface area contributed by atoms with E-state index in [0.29, 0.717) is 17.7 Å². The van der Waals surface area contributed by atoms with Gasteiger partial charge >= 0.3 is 18.7 Å². The zero-order chi connectivity index (χ0) is 33.1. The maximum absolute atomic E-state index is 14.8. The maximum atomic E-state index is 14.8. The molecule has 0 heterocycles. The molecule has 44 heavy (non-hydrogen) atoms. The van der Waals surface area contributed by atoms with Gasteiger partial charge in [-0.05, 0) is 41.5 Å². The summed E-state index contributed by atoms with van der Waals surface area (Å²) in [6.45, 7) is 7.08. The second kappa shape index (κ2) is 15.2. The van der Waals surface area contributed by atoms with Crippen molar-refractivity contribution in [3.05, 3.63) is 144 Å². The fourth-order valence-electron chi connectivity index (χ4n) is 3.55. The summed E-state index contributed by atoms with van der Waals surface area (Å²) in [5, 5.41) is 2.51. The maximum Gasteiger partial charge on any atom is 0.460 e. The van der Waals surface area contributed by atoms with E-state index in [1.165, 1.54) is 0 Å². The fraction of sp³-hybridized carbons (Fsp3) is 0.194. The van der Waals surface area contributed by atoms with Crippen LogP contribution in [0.3, 0.4) is 0 Å². The molecule has 0 aliphatic heterocycles. The third-order valence-corrected chi connectivity index (χ3v) is 5.84. The van der Waals surface area contributed by atoms with Crippen molar-refractivity contribution in [2.75, 3.05) is 7.11 Å². The van der Waals surface area contributed by atoms with Crippen LogP contribution in [0.25, 0.3) is 0 Å². The first-order chi connectivity index (χ1) is 20.5. The number of nitrogens with one attached hydrogen (secondary N) is 1. The van der Waals surface area contributed by atoms with Crippen molar-refractivity contribution < 1.29 is 53.8 Å². The van der Waals surface area contributed by atoms with Gasteiger partial charge in [0.05, 0.1) is 24.5 Å². The Balaban J connectivity index is 2.66. The summed E-state index contributed by atoms with van der Waals surface area (Å²) in [5.41, 5.74) is -3.32. The molecule has 1 atom stereocenters.